The standard InChI is InChI=1S/C17H20N2O2/c1-13-5-2-3-11-19(13)15-9-7-14(8-10-15)18-17(20)16-6-4-12-21-16/h4,6-10,12-13H,2-3,5,11H2,1H3,(H,18,20). The highest BCUT2D eigenvalue weighted by atomic mass is 16.3. The van der Waals surface area contributed by atoms with Crippen LogP contribution in [0.5, 0.6) is 0 Å². The van der Waals surface area contributed by atoms with Gasteiger partial charge in [-0.2, -0.15) is 0 Å². The molecular weight excluding hydrogens is 264 g/mol. The van der Waals surface area contributed by atoms with Crippen LogP contribution in [0.25, 0.3) is 0 Å². The van der Waals surface area contributed by atoms with Crippen molar-refractivity contribution in [3.05, 3.63) is 48.4 Å². The number of anilines is 2. The van der Waals surface area contributed by atoms with Crippen LogP contribution in [0, 0.1) is 0 Å². The first-order valence-electron chi connectivity index (χ1n) is 7.45. The van der Waals surface area contributed by atoms with Crippen molar-refractivity contribution in [3.63, 3.8) is 0 Å². The average molecular weight is 284 g/mol. The number of piperidine rings is 1. The number of benzene rings is 1. The Bertz CT molecular complexity index is 590. The van der Waals surface area contributed by atoms with Crippen LogP contribution in [0.2, 0.25) is 0 Å². The first kappa shape index (κ1) is 13.7. The summed E-state index contributed by atoms with van der Waals surface area (Å²) in [4.78, 5) is 14.3. The van der Waals surface area contributed by atoms with Crippen LogP contribution < -0.4 is 10.2 Å². The number of hydrogen-bond acceptors (Lipinski definition) is 3. The first-order chi connectivity index (χ1) is 10.2. The number of hydrogen-bond donors (Lipinski definition) is 1. The molecule has 2 aromatic rings. The summed E-state index contributed by atoms with van der Waals surface area (Å²) in [5.74, 6) is 0.0998. The summed E-state index contributed by atoms with van der Waals surface area (Å²) >= 11 is 0. The maximum Gasteiger partial charge on any atom is 0.291 e. The van der Waals surface area contributed by atoms with E-state index in [0.717, 1.165) is 12.2 Å². The number of nitrogens with zero attached hydrogens (tertiary/aromatic N) is 1. The predicted molar refractivity (Wildman–Crippen MR) is 83.8 cm³/mol. The number of carbonyl (C=O) groups excluding carboxylic acids is 1. The van der Waals surface area contributed by atoms with Gasteiger partial charge in [-0.25, -0.2) is 0 Å². The third kappa shape index (κ3) is 3.10. The van der Waals surface area contributed by atoms with Crippen molar-refractivity contribution in [1.82, 2.24) is 0 Å². The Balaban J connectivity index is 1.68. The second-order valence-electron chi connectivity index (χ2n) is 5.52. The van der Waals surface area contributed by atoms with E-state index in [1.54, 1.807) is 12.1 Å². The van der Waals surface area contributed by atoms with E-state index in [1.807, 2.05) is 12.1 Å². The summed E-state index contributed by atoms with van der Waals surface area (Å²) in [6, 6.07) is 12.0. The van der Waals surface area contributed by atoms with E-state index in [-0.39, 0.29) is 5.91 Å². The van der Waals surface area contributed by atoms with E-state index in [1.165, 1.54) is 31.2 Å². The minimum Gasteiger partial charge on any atom is -0.459 e. The highest BCUT2D eigenvalue weighted by Crippen LogP contribution is 2.25. The number of nitrogens with one attached hydrogen (secondary N) is 1. The van der Waals surface area contributed by atoms with Gasteiger partial charge in [0, 0.05) is 24.0 Å². The quantitative estimate of drug-likeness (QED) is 0.929. The van der Waals surface area contributed by atoms with Gasteiger partial charge in [0.15, 0.2) is 5.76 Å². The number of rotatable bonds is 3. The fraction of sp³-hybridized carbons (Fsp3) is 0.353. The van der Waals surface area contributed by atoms with Crippen LogP contribution >= 0.6 is 0 Å². The van der Waals surface area contributed by atoms with Gasteiger partial charge < -0.3 is 14.6 Å². The molecule has 1 unspecified atom stereocenters. The molecule has 0 aliphatic carbocycles. The fourth-order valence-corrected chi connectivity index (χ4v) is 2.82. The lowest BCUT2D eigenvalue weighted by Crippen LogP contribution is -2.37. The summed E-state index contributed by atoms with van der Waals surface area (Å²) in [5.41, 5.74) is 2.00. The molecule has 0 bridgehead atoms. The summed E-state index contributed by atoms with van der Waals surface area (Å²) in [7, 11) is 0. The summed E-state index contributed by atoms with van der Waals surface area (Å²) in [5, 5.41) is 2.83. The van der Waals surface area contributed by atoms with Crippen LogP contribution in [0.3, 0.4) is 0 Å². The topological polar surface area (TPSA) is 45.5 Å². The molecule has 1 aliphatic heterocycles. The van der Waals surface area contributed by atoms with E-state index < -0.39 is 0 Å². The van der Waals surface area contributed by atoms with E-state index in [9.17, 15) is 4.79 Å². The number of furan rings is 1. The molecule has 0 saturated carbocycles. The molecule has 4 heteroatoms. The van der Waals surface area contributed by atoms with E-state index in [4.69, 9.17) is 4.42 Å². The highest BCUT2D eigenvalue weighted by molar-refractivity contribution is 6.02. The van der Waals surface area contributed by atoms with Crippen molar-refractivity contribution in [2.24, 2.45) is 0 Å². The minimum atomic E-state index is -0.223. The lowest BCUT2D eigenvalue weighted by molar-refractivity contribution is 0.0996. The largest absolute Gasteiger partial charge is 0.459 e. The molecule has 1 amide bonds. The molecule has 1 N–H and O–H groups in total. The van der Waals surface area contributed by atoms with Crippen LogP contribution in [0.15, 0.2) is 47.1 Å². The molecule has 0 spiro atoms. The van der Waals surface area contributed by atoms with Crippen molar-refractivity contribution in [1.29, 1.82) is 0 Å². The summed E-state index contributed by atoms with van der Waals surface area (Å²) in [6.45, 7) is 3.38. The van der Waals surface area contributed by atoms with Crippen molar-refractivity contribution in [3.8, 4) is 0 Å². The Morgan fingerprint density at radius 1 is 1.24 bits per heavy atom. The summed E-state index contributed by atoms with van der Waals surface area (Å²) < 4.78 is 5.08. The molecule has 2 heterocycles. The van der Waals surface area contributed by atoms with Crippen molar-refractivity contribution < 1.29 is 9.21 Å². The van der Waals surface area contributed by atoms with E-state index >= 15 is 0 Å². The number of amides is 1. The van der Waals surface area contributed by atoms with Gasteiger partial charge in [-0.3, -0.25) is 4.79 Å². The Morgan fingerprint density at radius 2 is 2.05 bits per heavy atom. The average Bonchev–Trinajstić information content (AvgIpc) is 3.03. The molecule has 1 aromatic heterocycles. The summed E-state index contributed by atoms with van der Waals surface area (Å²) in [6.07, 6.45) is 5.31. The second-order valence-corrected chi connectivity index (χ2v) is 5.52. The Labute approximate surface area is 124 Å². The zero-order valence-electron chi connectivity index (χ0n) is 12.2. The second kappa shape index (κ2) is 6.04. The van der Waals surface area contributed by atoms with Gasteiger partial charge in [-0.1, -0.05) is 0 Å². The highest BCUT2D eigenvalue weighted by Gasteiger charge is 2.18. The molecule has 1 fully saturated rings. The zero-order valence-corrected chi connectivity index (χ0v) is 12.2. The first-order valence-corrected chi connectivity index (χ1v) is 7.45. The molecule has 0 radical (unpaired) electrons. The maximum atomic E-state index is 11.9. The van der Waals surface area contributed by atoms with Gasteiger partial charge in [0.05, 0.1) is 6.26 Å². The molecule has 21 heavy (non-hydrogen) atoms. The lowest BCUT2D eigenvalue weighted by Gasteiger charge is -2.35. The van der Waals surface area contributed by atoms with Gasteiger partial charge >= 0.3 is 0 Å². The smallest absolute Gasteiger partial charge is 0.291 e. The van der Waals surface area contributed by atoms with Crippen LogP contribution in [0.1, 0.15) is 36.7 Å². The van der Waals surface area contributed by atoms with Crippen molar-refractivity contribution in [2.45, 2.75) is 32.2 Å². The maximum absolute atomic E-state index is 11.9. The van der Waals surface area contributed by atoms with E-state index in [2.05, 4.69) is 29.3 Å². The van der Waals surface area contributed by atoms with Crippen LogP contribution in [-0.4, -0.2) is 18.5 Å². The molecule has 1 aromatic carbocycles. The van der Waals surface area contributed by atoms with Gasteiger partial charge in [-0.15, -0.1) is 0 Å². The molecular formula is C17H20N2O2. The lowest BCUT2D eigenvalue weighted by atomic mass is 10.0. The van der Waals surface area contributed by atoms with Gasteiger partial charge in [0.2, 0.25) is 0 Å². The Kier molecular flexibility index (Phi) is 3.95. The number of carbonyl (C=O) groups is 1. The molecule has 1 atom stereocenters. The van der Waals surface area contributed by atoms with Crippen molar-refractivity contribution in [2.75, 3.05) is 16.8 Å². The predicted octanol–water partition coefficient (Wildman–Crippen LogP) is 3.91. The monoisotopic (exact) mass is 284 g/mol. The minimum absolute atomic E-state index is 0.223. The molecule has 1 saturated heterocycles. The van der Waals surface area contributed by atoms with Gasteiger partial charge in [-0.05, 0) is 62.6 Å². The van der Waals surface area contributed by atoms with Crippen LogP contribution in [0.4, 0.5) is 11.4 Å². The Morgan fingerprint density at radius 3 is 2.71 bits per heavy atom. The third-order valence-corrected chi connectivity index (χ3v) is 4.00. The van der Waals surface area contributed by atoms with Crippen LogP contribution in [-0.2, 0) is 0 Å². The van der Waals surface area contributed by atoms with Gasteiger partial charge in [0.25, 0.3) is 5.91 Å². The van der Waals surface area contributed by atoms with Crippen molar-refractivity contribution >= 4 is 17.3 Å². The molecule has 3 rings (SSSR count). The Hall–Kier alpha value is -2.23. The SMILES string of the molecule is CC1CCCCN1c1ccc(NC(=O)c2ccco2)cc1. The fourth-order valence-electron chi connectivity index (χ4n) is 2.82. The molecule has 4 nitrogen and oxygen atoms in total. The normalized spacial score (nSPS) is 18.5. The molecule has 1 aliphatic rings. The molecule has 110 valence electrons. The third-order valence-electron chi connectivity index (χ3n) is 4.00. The zero-order chi connectivity index (χ0) is 14.7. The van der Waals surface area contributed by atoms with Gasteiger partial charge in [0.1, 0.15) is 0 Å². The van der Waals surface area contributed by atoms with E-state index in [0.29, 0.717) is 11.8 Å².